The summed E-state index contributed by atoms with van der Waals surface area (Å²) in [6.07, 6.45) is 1.55. The zero-order valence-electron chi connectivity index (χ0n) is 18.6. The van der Waals surface area contributed by atoms with Crippen LogP contribution in [-0.4, -0.2) is 30.4 Å². The molecule has 3 aromatic carbocycles. The van der Waals surface area contributed by atoms with Crippen molar-refractivity contribution in [2.45, 2.75) is 26.4 Å². The summed E-state index contributed by atoms with van der Waals surface area (Å²) in [5.74, 6) is -0.211. The first-order valence-corrected chi connectivity index (χ1v) is 12.2. The third-order valence-electron chi connectivity index (χ3n) is 5.16. The van der Waals surface area contributed by atoms with Gasteiger partial charge in [0, 0.05) is 22.0 Å². The number of carboxylic acids is 1. The number of allylic oxidation sites excluding steroid dienone is 1. The van der Waals surface area contributed by atoms with Gasteiger partial charge in [0.25, 0.3) is 0 Å². The van der Waals surface area contributed by atoms with Crippen LogP contribution in [0.4, 0.5) is 0 Å². The van der Waals surface area contributed by atoms with Crippen molar-refractivity contribution in [3.05, 3.63) is 92.9 Å². The van der Waals surface area contributed by atoms with Crippen molar-refractivity contribution in [3.8, 4) is 16.9 Å². The second kappa shape index (κ2) is 12.2. The van der Waals surface area contributed by atoms with Crippen molar-refractivity contribution in [1.82, 2.24) is 0 Å². The lowest BCUT2D eigenvalue weighted by Gasteiger charge is -2.12. The van der Waals surface area contributed by atoms with Gasteiger partial charge in [0.15, 0.2) is 6.10 Å². The number of rotatable bonds is 10. The van der Waals surface area contributed by atoms with Crippen molar-refractivity contribution in [3.63, 3.8) is 0 Å². The molecule has 0 saturated carbocycles. The maximum atomic E-state index is 11.2. The van der Waals surface area contributed by atoms with E-state index in [4.69, 9.17) is 9.47 Å². The van der Waals surface area contributed by atoms with Crippen molar-refractivity contribution in [2.75, 3.05) is 13.2 Å². The first kappa shape index (κ1) is 25.2. The van der Waals surface area contributed by atoms with Crippen LogP contribution in [0.1, 0.15) is 25.0 Å². The van der Waals surface area contributed by atoms with Crippen LogP contribution in [0.15, 0.2) is 81.8 Å². The Balaban J connectivity index is 1.57. The largest absolute Gasteiger partial charge is 0.490 e. The van der Waals surface area contributed by atoms with E-state index in [1.165, 1.54) is 0 Å². The van der Waals surface area contributed by atoms with Gasteiger partial charge in [0.1, 0.15) is 12.4 Å². The van der Waals surface area contributed by atoms with Gasteiger partial charge >= 0.3 is 5.97 Å². The highest BCUT2D eigenvalue weighted by Crippen LogP contribution is 2.28. The quantitative estimate of drug-likeness (QED) is 0.275. The molecule has 0 amide bonds. The van der Waals surface area contributed by atoms with E-state index in [0.29, 0.717) is 19.6 Å². The number of carbonyl (C=O) groups is 1. The lowest BCUT2D eigenvalue weighted by Crippen LogP contribution is -2.26. The first-order chi connectivity index (χ1) is 15.9. The lowest BCUT2D eigenvalue weighted by atomic mass is 10.0. The van der Waals surface area contributed by atoms with Crippen molar-refractivity contribution in [1.29, 1.82) is 0 Å². The van der Waals surface area contributed by atoms with E-state index in [9.17, 15) is 9.90 Å². The Kier molecular flexibility index (Phi) is 9.30. The molecule has 0 aliphatic rings. The molecule has 0 bridgehead atoms. The van der Waals surface area contributed by atoms with Crippen molar-refractivity contribution < 1.29 is 19.4 Å². The lowest BCUT2D eigenvalue weighted by molar-refractivity contribution is -0.149. The molecule has 1 atom stereocenters. The van der Waals surface area contributed by atoms with Gasteiger partial charge in [-0.05, 0) is 78.1 Å². The molecule has 0 aliphatic carbocycles. The maximum Gasteiger partial charge on any atom is 0.333 e. The Bertz CT molecular complexity index is 1090. The molecule has 0 spiro atoms. The minimum Gasteiger partial charge on any atom is -0.490 e. The molecule has 4 nitrogen and oxygen atoms in total. The Morgan fingerprint density at radius 2 is 1.61 bits per heavy atom. The third kappa shape index (κ3) is 7.56. The molecular formula is C27H26Br2O4. The zero-order valence-corrected chi connectivity index (χ0v) is 21.7. The molecule has 3 rings (SSSR count). The fourth-order valence-corrected chi connectivity index (χ4v) is 4.68. The third-order valence-corrected chi connectivity index (χ3v) is 6.08. The predicted octanol–water partition coefficient (Wildman–Crippen LogP) is 7.39. The van der Waals surface area contributed by atoms with Crippen LogP contribution in [0, 0.1) is 0 Å². The second-order valence-corrected chi connectivity index (χ2v) is 9.40. The normalized spacial score (nSPS) is 12.4. The highest BCUT2D eigenvalue weighted by Gasteiger charge is 2.17. The van der Waals surface area contributed by atoms with E-state index in [1.54, 1.807) is 6.92 Å². The van der Waals surface area contributed by atoms with Crippen LogP contribution in [0.25, 0.3) is 16.7 Å². The van der Waals surface area contributed by atoms with Gasteiger partial charge in [0.05, 0.1) is 0 Å². The molecule has 0 heterocycles. The van der Waals surface area contributed by atoms with E-state index < -0.39 is 12.1 Å². The average molecular weight is 574 g/mol. The molecule has 6 heteroatoms. The molecule has 0 aliphatic heterocycles. The van der Waals surface area contributed by atoms with E-state index in [0.717, 1.165) is 42.5 Å². The molecule has 172 valence electrons. The summed E-state index contributed by atoms with van der Waals surface area (Å²) in [4.78, 5) is 11.2. The van der Waals surface area contributed by atoms with Crippen LogP contribution in [0.3, 0.4) is 0 Å². The summed E-state index contributed by atoms with van der Waals surface area (Å²) < 4.78 is 13.2. The van der Waals surface area contributed by atoms with Gasteiger partial charge in [0.2, 0.25) is 0 Å². The number of ether oxygens (including phenoxy) is 2. The molecular weight excluding hydrogens is 548 g/mol. The SMILES string of the molecule is CCO[C@@H](Cc1ccc(OCC=C(C)c2ccc(-c3cc(Br)cc(Br)c3)cc2)cc1)C(=O)O. The molecule has 1 N–H and O–H groups in total. The highest BCUT2D eigenvalue weighted by atomic mass is 79.9. The van der Waals surface area contributed by atoms with Gasteiger partial charge in [-0.25, -0.2) is 4.79 Å². The number of hydrogen-bond donors (Lipinski definition) is 1. The van der Waals surface area contributed by atoms with E-state index in [2.05, 4.69) is 75.2 Å². The standard InChI is InChI=1S/C27H26Br2O4/c1-3-32-26(27(30)31)14-19-4-10-25(11-5-19)33-13-12-18(2)20-6-8-21(9-7-20)22-15-23(28)17-24(29)16-22/h4-12,15-17,26H,3,13-14H2,1-2H3,(H,30,31)/t26-/m0/s1. The number of halogens is 2. The number of hydrogen-bond acceptors (Lipinski definition) is 3. The average Bonchev–Trinajstić information content (AvgIpc) is 2.79. The van der Waals surface area contributed by atoms with Crippen LogP contribution < -0.4 is 4.74 Å². The van der Waals surface area contributed by atoms with Crippen LogP contribution >= 0.6 is 31.9 Å². The minimum absolute atomic E-state index is 0.329. The summed E-state index contributed by atoms with van der Waals surface area (Å²) in [5.41, 5.74) is 5.47. The Morgan fingerprint density at radius 3 is 2.18 bits per heavy atom. The van der Waals surface area contributed by atoms with Crippen LogP contribution in [0.2, 0.25) is 0 Å². The summed E-state index contributed by atoms with van der Waals surface area (Å²) in [6.45, 7) is 4.67. The minimum atomic E-state index is -0.949. The van der Waals surface area contributed by atoms with E-state index >= 15 is 0 Å². The van der Waals surface area contributed by atoms with Gasteiger partial charge in [-0.3, -0.25) is 0 Å². The Hall–Kier alpha value is -2.41. The topological polar surface area (TPSA) is 55.8 Å². The summed E-state index contributed by atoms with van der Waals surface area (Å²) in [7, 11) is 0. The monoisotopic (exact) mass is 572 g/mol. The molecule has 0 aromatic heterocycles. The molecule has 0 unspecified atom stereocenters. The Labute approximate surface area is 211 Å². The van der Waals surface area contributed by atoms with Gasteiger partial charge in [-0.1, -0.05) is 68.3 Å². The van der Waals surface area contributed by atoms with Crippen molar-refractivity contribution >= 4 is 43.4 Å². The van der Waals surface area contributed by atoms with Gasteiger partial charge < -0.3 is 14.6 Å². The summed E-state index contributed by atoms with van der Waals surface area (Å²) in [5, 5.41) is 9.22. The number of benzene rings is 3. The number of aliphatic carboxylic acids is 1. The Morgan fingerprint density at radius 1 is 0.970 bits per heavy atom. The number of carboxylic acid groups (broad SMARTS) is 1. The molecule has 33 heavy (non-hydrogen) atoms. The second-order valence-electron chi connectivity index (χ2n) is 7.56. The summed E-state index contributed by atoms with van der Waals surface area (Å²) >= 11 is 7.08. The smallest absolute Gasteiger partial charge is 0.333 e. The fraction of sp³-hybridized carbons (Fsp3) is 0.222. The highest BCUT2D eigenvalue weighted by molar-refractivity contribution is 9.11. The zero-order chi connectivity index (χ0) is 23.8. The van der Waals surface area contributed by atoms with Gasteiger partial charge in [-0.15, -0.1) is 0 Å². The van der Waals surface area contributed by atoms with E-state index in [-0.39, 0.29) is 0 Å². The van der Waals surface area contributed by atoms with Crippen molar-refractivity contribution in [2.24, 2.45) is 0 Å². The van der Waals surface area contributed by atoms with Crippen LogP contribution in [-0.2, 0) is 16.0 Å². The van der Waals surface area contributed by atoms with Crippen LogP contribution in [0.5, 0.6) is 5.75 Å². The van der Waals surface area contributed by atoms with Gasteiger partial charge in [-0.2, -0.15) is 0 Å². The molecule has 0 fully saturated rings. The van der Waals surface area contributed by atoms with E-state index in [1.807, 2.05) is 36.4 Å². The molecule has 0 saturated heterocycles. The molecule has 3 aromatic rings. The first-order valence-electron chi connectivity index (χ1n) is 10.7. The molecule has 0 radical (unpaired) electrons. The summed E-state index contributed by atoms with van der Waals surface area (Å²) in [6, 6.07) is 22.1. The maximum absolute atomic E-state index is 11.2. The predicted molar refractivity (Wildman–Crippen MR) is 140 cm³/mol. The fourth-order valence-electron chi connectivity index (χ4n) is 3.38.